The number of ether oxygens (including phenoxy) is 1. The topological polar surface area (TPSA) is 47.9 Å². The smallest absolute Gasteiger partial charge is 0.152 e. The monoisotopic (exact) mass is 277 g/mol. The van der Waals surface area contributed by atoms with Gasteiger partial charge in [-0.15, -0.1) is 0 Å². The number of benzene rings is 1. The molecule has 0 amide bonds. The molecular formula is C17H15N3O. The zero-order valence-electron chi connectivity index (χ0n) is 11.9. The maximum atomic E-state index is 5.24. The Morgan fingerprint density at radius 1 is 1.10 bits per heavy atom. The number of hydrogen-bond donors (Lipinski definition) is 0. The Balaban J connectivity index is 2.01. The highest BCUT2D eigenvalue weighted by Crippen LogP contribution is 2.21. The first kappa shape index (κ1) is 13.2. The van der Waals surface area contributed by atoms with Crippen molar-refractivity contribution in [1.29, 1.82) is 0 Å². The molecule has 104 valence electrons. The Morgan fingerprint density at radius 2 is 2.00 bits per heavy atom. The van der Waals surface area contributed by atoms with E-state index in [0.29, 0.717) is 5.82 Å². The zero-order chi connectivity index (χ0) is 14.7. The molecule has 4 nitrogen and oxygen atoms in total. The van der Waals surface area contributed by atoms with E-state index in [4.69, 9.17) is 4.74 Å². The fraction of sp³-hybridized carbons (Fsp3) is 0.118. The van der Waals surface area contributed by atoms with Crippen molar-refractivity contribution in [3.05, 3.63) is 59.8 Å². The number of aryl methyl sites for hydroxylation is 1. The Hall–Kier alpha value is -2.75. The highest BCUT2D eigenvalue weighted by Gasteiger charge is 2.04. The van der Waals surface area contributed by atoms with Gasteiger partial charge < -0.3 is 4.74 Å². The molecule has 1 aromatic carbocycles. The van der Waals surface area contributed by atoms with E-state index in [0.717, 1.165) is 27.9 Å². The Kier molecular flexibility index (Phi) is 3.60. The second-order valence-electron chi connectivity index (χ2n) is 4.67. The Labute approximate surface area is 123 Å². The van der Waals surface area contributed by atoms with Gasteiger partial charge in [0, 0.05) is 29.5 Å². The van der Waals surface area contributed by atoms with Gasteiger partial charge in [0.05, 0.1) is 12.6 Å². The van der Waals surface area contributed by atoms with Crippen LogP contribution in [0.4, 0.5) is 0 Å². The second-order valence-corrected chi connectivity index (χ2v) is 4.67. The average molecular weight is 277 g/mol. The van der Waals surface area contributed by atoms with Crippen LogP contribution in [0.1, 0.15) is 17.1 Å². The van der Waals surface area contributed by atoms with Crippen molar-refractivity contribution in [2.45, 2.75) is 6.92 Å². The molecule has 0 unspecified atom stereocenters. The van der Waals surface area contributed by atoms with Crippen LogP contribution in [-0.2, 0) is 0 Å². The summed E-state index contributed by atoms with van der Waals surface area (Å²) in [6, 6.07) is 9.71. The lowest BCUT2D eigenvalue weighted by Gasteiger charge is -2.05. The summed E-state index contributed by atoms with van der Waals surface area (Å²) in [6.45, 7) is 1.98. The number of pyridine rings is 1. The van der Waals surface area contributed by atoms with Crippen LogP contribution in [-0.4, -0.2) is 22.1 Å². The normalized spacial score (nSPS) is 11.1. The van der Waals surface area contributed by atoms with Gasteiger partial charge >= 0.3 is 0 Å². The first-order valence-corrected chi connectivity index (χ1v) is 6.67. The van der Waals surface area contributed by atoms with Gasteiger partial charge in [-0.05, 0) is 42.8 Å². The van der Waals surface area contributed by atoms with E-state index in [-0.39, 0.29) is 0 Å². The minimum Gasteiger partial charge on any atom is -0.497 e. The van der Waals surface area contributed by atoms with Gasteiger partial charge in [-0.1, -0.05) is 6.07 Å². The van der Waals surface area contributed by atoms with Gasteiger partial charge in [0.25, 0.3) is 0 Å². The van der Waals surface area contributed by atoms with E-state index in [1.54, 1.807) is 19.5 Å². The predicted molar refractivity (Wildman–Crippen MR) is 84.0 cm³/mol. The first-order valence-electron chi connectivity index (χ1n) is 6.67. The molecule has 3 rings (SSSR count). The maximum Gasteiger partial charge on any atom is 0.152 e. The van der Waals surface area contributed by atoms with Gasteiger partial charge in [-0.25, -0.2) is 9.97 Å². The average Bonchev–Trinajstić information content (AvgIpc) is 2.53. The van der Waals surface area contributed by atoms with E-state index in [1.807, 2.05) is 49.4 Å². The molecule has 4 heteroatoms. The molecular weight excluding hydrogens is 262 g/mol. The van der Waals surface area contributed by atoms with Crippen molar-refractivity contribution >= 4 is 23.1 Å². The first-order chi connectivity index (χ1) is 10.3. The summed E-state index contributed by atoms with van der Waals surface area (Å²) >= 11 is 0. The van der Waals surface area contributed by atoms with Crippen molar-refractivity contribution in [2.75, 3.05) is 7.11 Å². The van der Waals surface area contributed by atoms with Crippen molar-refractivity contribution in [2.24, 2.45) is 0 Å². The molecule has 0 radical (unpaired) electrons. The molecule has 3 aromatic rings. The predicted octanol–water partition coefficient (Wildman–Crippen LogP) is 3.51. The zero-order valence-corrected chi connectivity index (χ0v) is 11.9. The molecule has 2 heterocycles. The van der Waals surface area contributed by atoms with E-state index >= 15 is 0 Å². The standard InChI is InChI=1S/C17H15N3O/c1-12-15-7-6-14(21-2)10-16(15)20-17(19-12)8-5-13-4-3-9-18-11-13/h3-11H,1-2H3/b8-5+. The summed E-state index contributed by atoms with van der Waals surface area (Å²) < 4.78 is 5.24. The summed E-state index contributed by atoms with van der Waals surface area (Å²) in [5.41, 5.74) is 2.85. The third-order valence-electron chi connectivity index (χ3n) is 3.22. The van der Waals surface area contributed by atoms with Crippen LogP contribution in [0.2, 0.25) is 0 Å². The highest BCUT2D eigenvalue weighted by molar-refractivity contribution is 5.83. The van der Waals surface area contributed by atoms with Crippen LogP contribution in [0.5, 0.6) is 5.75 Å². The van der Waals surface area contributed by atoms with Crippen LogP contribution < -0.4 is 4.74 Å². The maximum absolute atomic E-state index is 5.24. The molecule has 2 aromatic heterocycles. The minimum atomic E-state index is 0.678. The summed E-state index contributed by atoms with van der Waals surface area (Å²) in [5, 5.41) is 1.04. The van der Waals surface area contributed by atoms with Crippen LogP contribution in [0.3, 0.4) is 0 Å². The molecule has 0 bridgehead atoms. The number of methoxy groups -OCH3 is 1. The number of hydrogen-bond acceptors (Lipinski definition) is 4. The lowest BCUT2D eigenvalue weighted by molar-refractivity contribution is 0.415. The number of rotatable bonds is 3. The van der Waals surface area contributed by atoms with E-state index in [2.05, 4.69) is 15.0 Å². The fourth-order valence-electron chi connectivity index (χ4n) is 2.14. The molecule has 0 aliphatic rings. The molecule has 0 aliphatic carbocycles. The fourth-order valence-corrected chi connectivity index (χ4v) is 2.14. The van der Waals surface area contributed by atoms with Crippen LogP contribution in [0.15, 0.2) is 42.7 Å². The van der Waals surface area contributed by atoms with Crippen LogP contribution in [0, 0.1) is 6.92 Å². The van der Waals surface area contributed by atoms with Crippen LogP contribution >= 0.6 is 0 Å². The summed E-state index contributed by atoms with van der Waals surface area (Å²) in [4.78, 5) is 13.2. The molecule has 0 aliphatic heterocycles. The lowest BCUT2D eigenvalue weighted by atomic mass is 10.2. The quantitative estimate of drug-likeness (QED) is 0.735. The van der Waals surface area contributed by atoms with E-state index < -0.39 is 0 Å². The van der Waals surface area contributed by atoms with E-state index in [1.165, 1.54) is 0 Å². The van der Waals surface area contributed by atoms with E-state index in [9.17, 15) is 0 Å². The lowest BCUT2D eigenvalue weighted by Crippen LogP contribution is -1.94. The largest absolute Gasteiger partial charge is 0.497 e. The molecule has 0 atom stereocenters. The molecule has 0 spiro atoms. The van der Waals surface area contributed by atoms with Gasteiger partial charge in [0.2, 0.25) is 0 Å². The SMILES string of the molecule is COc1ccc2c(C)nc(/C=C/c3cccnc3)nc2c1. The third-order valence-corrected chi connectivity index (χ3v) is 3.22. The number of nitrogens with zero attached hydrogens (tertiary/aromatic N) is 3. The molecule has 0 saturated carbocycles. The van der Waals surface area contributed by atoms with Gasteiger partial charge in [-0.2, -0.15) is 0 Å². The van der Waals surface area contributed by atoms with Crippen molar-refractivity contribution in [1.82, 2.24) is 15.0 Å². The Morgan fingerprint density at radius 3 is 2.76 bits per heavy atom. The van der Waals surface area contributed by atoms with Crippen molar-refractivity contribution < 1.29 is 4.74 Å². The van der Waals surface area contributed by atoms with Gasteiger partial charge in [0.1, 0.15) is 5.75 Å². The Bertz CT molecular complexity index is 798. The van der Waals surface area contributed by atoms with Crippen molar-refractivity contribution in [3.63, 3.8) is 0 Å². The molecule has 0 fully saturated rings. The van der Waals surface area contributed by atoms with Crippen molar-refractivity contribution in [3.8, 4) is 5.75 Å². The summed E-state index contributed by atoms with van der Waals surface area (Å²) in [7, 11) is 1.65. The second kappa shape index (κ2) is 5.71. The highest BCUT2D eigenvalue weighted by atomic mass is 16.5. The third kappa shape index (κ3) is 2.89. The number of aromatic nitrogens is 3. The van der Waals surface area contributed by atoms with Crippen LogP contribution in [0.25, 0.3) is 23.1 Å². The number of fused-ring (bicyclic) bond motifs is 1. The van der Waals surface area contributed by atoms with Gasteiger partial charge in [0.15, 0.2) is 5.82 Å². The summed E-state index contributed by atoms with van der Waals surface area (Å²) in [6.07, 6.45) is 7.39. The molecule has 0 saturated heterocycles. The van der Waals surface area contributed by atoms with Gasteiger partial charge in [-0.3, -0.25) is 4.98 Å². The summed E-state index contributed by atoms with van der Waals surface area (Å²) in [5.74, 6) is 1.47. The molecule has 21 heavy (non-hydrogen) atoms. The minimum absolute atomic E-state index is 0.678. The molecule has 0 N–H and O–H groups in total.